The van der Waals surface area contributed by atoms with Crippen molar-refractivity contribution in [3.05, 3.63) is 48.4 Å². The highest BCUT2D eigenvalue weighted by molar-refractivity contribution is 5.97. The Kier molecular flexibility index (Phi) is 7.88. The molecular formula is C22H30N4O4. The van der Waals surface area contributed by atoms with E-state index in [0.717, 1.165) is 5.56 Å². The van der Waals surface area contributed by atoms with E-state index in [1.807, 2.05) is 30.3 Å². The van der Waals surface area contributed by atoms with Gasteiger partial charge in [0.15, 0.2) is 11.6 Å². The fraction of sp³-hybridized carbons (Fsp3) is 0.455. The third-order valence-corrected chi connectivity index (χ3v) is 4.59. The molecule has 2 atom stereocenters. The minimum atomic E-state index is -0.893. The molecule has 0 aliphatic carbocycles. The Labute approximate surface area is 177 Å². The number of nitrogens with zero attached hydrogens (tertiary/aromatic N) is 2. The molecule has 30 heavy (non-hydrogen) atoms. The van der Waals surface area contributed by atoms with E-state index >= 15 is 0 Å². The molecule has 0 saturated heterocycles. The average molecular weight is 415 g/mol. The van der Waals surface area contributed by atoms with Gasteiger partial charge in [0.1, 0.15) is 6.04 Å². The van der Waals surface area contributed by atoms with Crippen LogP contribution in [0.3, 0.4) is 0 Å². The lowest BCUT2D eigenvalue weighted by molar-refractivity contribution is -0.133. The molecule has 0 radical (unpaired) electrons. The van der Waals surface area contributed by atoms with Gasteiger partial charge in [0, 0.05) is 11.6 Å². The lowest BCUT2D eigenvalue weighted by atomic mass is 9.95. The van der Waals surface area contributed by atoms with Gasteiger partial charge in [0.05, 0.1) is 25.6 Å². The van der Waals surface area contributed by atoms with Crippen LogP contribution in [0.25, 0.3) is 0 Å². The molecule has 0 aliphatic rings. The van der Waals surface area contributed by atoms with E-state index in [2.05, 4.69) is 15.6 Å². The Bertz CT molecular complexity index is 871. The Balaban J connectivity index is 2.05. The van der Waals surface area contributed by atoms with Crippen LogP contribution in [0.15, 0.2) is 42.9 Å². The summed E-state index contributed by atoms with van der Waals surface area (Å²) in [6.45, 7) is 8.88. The van der Waals surface area contributed by atoms with E-state index < -0.39 is 17.4 Å². The van der Waals surface area contributed by atoms with Crippen molar-refractivity contribution in [2.24, 2.45) is 5.41 Å². The van der Waals surface area contributed by atoms with Crippen molar-refractivity contribution in [3.8, 4) is 0 Å². The number of carbonyl (C=O) groups excluding carboxylic acids is 3. The van der Waals surface area contributed by atoms with E-state index in [0.29, 0.717) is 12.4 Å². The Hall–Kier alpha value is -3.00. The molecule has 0 aliphatic heterocycles. The molecule has 2 amide bonds. The van der Waals surface area contributed by atoms with Crippen molar-refractivity contribution in [3.63, 3.8) is 0 Å². The number of aromatic nitrogens is 2. The largest absolute Gasteiger partial charge is 0.374 e. The molecule has 162 valence electrons. The second-order valence-electron chi connectivity index (χ2n) is 8.26. The number of hydrogen-bond acceptors (Lipinski definition) is 5. The molecule has 0 saturated carbocycles. The van der Waals surface area contributed by atoms with Crippen molar-refractivity contribution in [1.82, 2.24) is 14.9 Å². The summed E-state index contributed by atoms with van der Waals surface area (Å²) in [5.41, 5.74) is 0.312. The first-order valence-corrected chi connectivity index (χ1v) is 9.85. The minimum Gasteiger partial charge on any atom is -0.374 e. The number of ketones is 1. The first kappa shape index (κ1) is 23.3. The number of Topliss-reactive ketones (excluding diaryl/α,β-unsaturated/α-hetero) is 1. The molecule has 8 heteroatoms. The molecule has 0 spiro atoms. The summed E-state index contributed by atoms with van der Waals surface area (Å²) in [5, 5.41) is 5.43. The Morgan fingerprint density at radius 3 is 2.43 bits per heavy atom. The summed E-state index contributed by atoms with van der Waals surface area (Å²) in [4.78, 5) is 40.9. The predicted molar refractivity (Wildman–Crippen MR) is 114 cm³/mol. The number of nitrogens with one attached hydrogen (secondary N) is 2. The summed E-state index contributed by atoms with van der Waals surface area (Å²) >= 11 is 0. The molecule has 1 heterocycles. The third kappa shape index (κ3) is 6.81. The van der Waals surface area contributed by atoms with Crippen LogP contribution in [0, 0.1) is 5.41 Å². The molecule has 2 aromatic rings. The summed E-state index contributed by atoms with van der Waals surface area (Å²) < 4.78 is 7.30. The van der Waals surface area contributed by atoms with E-state index in [1.165, 1.54) is 13.3 Å². The minimum absolute atomic E-state index is 0.00705. The predicted octanol–water partition coefficient (Wildman–Crippen LogP) is 2.72. The molecule has 1 aromatic heterocycles. The van der Waals surface area contributed by atoms with Crippen molar-refractivity contribution in [2.45, 2.75) is 53.3 Å². The summed E-state index contributed by atoms with van der Waals surface area (Å²) in [5.74, 6) is -0.427. The SMILES string of the molecule is CC(=O)C(C)n1cnc(NC(=O)[C@@H](COCc2ccccc2)NC(=O)C(C)(C)C)c1. The topological polar surface area (TPSA) is 102 Å². The normalized spacial score (nSPS) is 13.4. The number of ether oxygens (including phenoxy) is 1. The second kappa shape index (κ2) is 10.2. The number of carbonyl (C=O) groups is 3. The smallest absolute Gasteiger partial charge is 0.250 e. The average Bonchev–Trinajstić information content (AvgIpc) is 3.14. The Morgan fingerprint density at radius 1 is 1.17 bits per heavy atom. The van der Waals surface area contributed by atoms with Gasteiger partial charge in [-0.2, -0.15) is 0 Å². The van der Waals surface area contributed by atoms with Crippen LogP contribution in [-0.2, 0) is 25.7 Å². The van der Waals surface area contributed by atoms with Crippen LogP contribution in [0.2, 0.25) is 0 Å². The van der Waals surface area contributed by atoms with Gasteiger partial charge in [-0.05, 0) is 19.4 Å². The zero-order valence-electron chi connectivity index (χ0n) is 18.1. The van der Waals surface area contributed by atoms with Crippen molar-refractivity contribution >= 4 is 23.4 Å². The molecule has 1 aromatic carbocycles. The molecule has 1 unspecified atom stereocenters. The van der Waals surface area contributed by atoms with Crippen molar-refractivity contribution in [1.29, 1.82) is 0 Å². The van der Waals surface area contributed by atoms with Gasteiger partial charge < -0.3 is 19.9 Å². The molecule has 8 nitrogen and oxygen atoms in total. The van der Waals surface area contributed by atoms with Crippen LogP contribution in [-0.4, -0.2) is 39.8 Å². The first-order chi connectivity index (χ1) is 14.1. The second-order valence-corrected chi connectivity index (χ2v) is 8.26. The molecule has 2 rings (SSSR count). The standard InChI is InChI=1S/C22H30N4O4/c1-15(16(2)27)26-11-19(23-14-26)25-20(28)18(24-21(29)22(3,4)5)13-30-12-17-9-7-6-8-10-17/h6-11,14-15,18H,12-13H2,1-5H3,(H,24,29)(H,25,28)/t15?,18-/m1/s1. The highest BCUT2D eigenvalue weighted by atomic mass is 16.5. The van der Waals surface area contributed by atoms with Gasteiger partial charge in [-0.3, -0.25) is 14.4 Å². The van der Waals surface area contributed by atoms with Gasteiger partial charge in [-0.15, -0.1) is 0 Å². The number of amides is 2. The monoisotopic (exact) mass is 414 g/mol. The third-order valence-electron chi connectivity index (χ3n) is 4.59. The zero-order valence-corrected chi connectivity index (χ0v) is 18.1. The lowest BCUT2D eigenvalue weighted by Gasteiger charge is -2.23. The first-order valence-electron chi connectivity index (χ1n) is 9.85. The fourth-order valence-electron chi connectivity index (χ4n) is 2.46. The maximum atomic E-state index is 12.8. The molecular weight excluding hydrogens is 384 g/mol. The number of imidazole rings is 1. The maximum absolute atomic E-state index is 12.8. The quantitative estimate of drug-likeness (QED) is 0.657. The highest BCUT2D eigenvalue weighted by Gasteiger charge is 2.28. The number of rotatable bonds is 9. The van der Waals surface area contributed by atoms with E-state index in [1.54, 1.807) is 38.5 Å². The summed E-state index contributed by atoms with van der Waals surface area (Å²) in [6.07, 6.45) is 3.06. The lowest BCUT2D eigenvalue weighted by Crippen LogP contribution is -2.50. The molecule has 0 fully saturated rings. The number of anilines is 1. The summed E-state index contributed by atoms with van der Waals surface area (Å²) in [6, 6.07) is 8.29. The highest BCUT2D eigenvalue weighted by Crippen LogP contribution is 2.14. The number of hydrogen-bond donors (Lipinski definition) is 2. The Morgan fingerprint density at radius 2 is 1.83 bits per heavy atom. The molecule has 2 N–H and O–H groups in total. The number of benzene rings is 1. The van der Waals surface area contributed by atoms with Crippen LogP contribution in [0.4, 0.5) is 5.82 Å². The van der Waals surface area contributed by atoms with Crippen molar-refractivity contribution in [2.75, 3.05) is 11.9 Å². The van der Waals surface area contributed by atoms with Crippen LogP contribution in [0.5, 0.6) is 0 Å². The van der Waals surface area contributed by atoms with Gasteiger partial charge in [-0.1, -0.05) is 51.1 Å². The van der Waals surface area contributed by atoms with Crippen LogP contribution < -0.4 is 10.6 Å². The van der Waals surface area contributed by atoms with Gasteiger partial charge in [0.2, 0.25) is 5.91 Å². The van der Waals surface area contributed by atoms with Gasteiger partial charge in [-0.25, -0.2) is 4.98 Å². The van der Waals surface area contributed by atoms with E-state index in [4.69, 9.17) is 4.74 Å². The zero-order chi connectivity index (χ0) is 22.3. The van der Waals surface area contributed by atoms with Crippen molar-refractivity contribution < 1.29 is 19.1 Å². The van der Waals surface area contributed by atoms with E-state index in [9.17, 15) is 14.4 Å². The van der Waals surface area contributed by atoms with Crippen LogP contribution in [0.1, 0.15) is 46.2 Å². The summed E-state index contributed by atoms with van der Waals surface area (Å²) in [7, 11) is 0. The molecule has 0 bridgehead atoms. The van der Waals surface area contributed by atoms with Gasteiger partial charge >= 0.3 is 0 Å². The van der Waals surface area contributed by atoms with E-state index in [-0.39, 0.29) is 24.3 Å². The van der Waals surface area contributed by atoms with Gasteiger partial charge in [0.25, 0.3) is 5.91 Å². The fourth-order valence-corrected chi connectivity index (χ4v) is 2.46. The maximum Gasteiger partial charge on any atom is 0.250 e. The van der Waals surface area contributed by atoms with Crippen LogP contribution >= 0.6 is 0 Å².